The Bertz CT molecular complexity index is 394. The van der Waals surface area contributed by atoms with Crippen molar-refractivity contribution in [2.45, 2.75) is 64.9 Å². The van der Waals surface area contributed by atoms with E-state index in [1.54, 1.807) is 0 Å². The summed E-state index contributed by atoms with van der Waals surface area (Å²) in [4.78, 5) is 0. The molecule has 0 heterocycles. The lowest BCUT2D eigenvalue weighted by Crippen LogP contribution is -2.23. The Kier molecular flexibility index (Phi) is 3.20. The summed E-state index contributed by atoms with van der Waals surface area (Å²) in [5.41, 5.74) is 2.82. The van der Waals surface area contributed by atoms with Crippen molar-refractivity contribution in [2.24, 2.45) is 0 Å². The van der Waals surface area contributed by atoms with Crippen LogP contribution in [0.5, 0.6) is 5.75 Å². The number of benzene rings is 1. The van der Waals surface area contributed by atoms with Gasteiger partial charge in [0, 0.05) is 5.56 Å². The Hall–Kier alpha value is -0.980. The molecule has 0 radical (unpaired) electrons. The molecule has 1 saturated carbocycles. The third kappa shape index (κ3) is 3.02. The van der Waals surface area contributed by atoms with Gasteiger partial charge in [0.25, 0.3) is 0 Å². The maximum Gasteiger partial charge on any atom is 0.123 e. The molecule has 1 aromatic carbocycles. The van der Waals surface area contributed by atoms with Crippen LogP contribution in [0.4, 0.5) is 0 Å². The van der Waals surface area contributed by atoms with Crippen molar-refractivity contribution < 1.29 is 4.74 Å². The molecule has 0 unspecified atom stereocenters. The smallest absolute Gasteiger partial charge is 0.123 e. The minimum absolute atomic E-state index is 0.112. The van der Waals surface area contributed by atoms with Gasteiger partial charge in [-0.1, -0.05) is 26.0 Å². The van der Waals surface area contributed by atoms with Gasteiger partial charge in [-0.15, -0.1) is 0 Å². The second-order valence-electron chi connectivity index (χ2n) is 6.40. The van der Waals surface area contributed by atoms with Gasteiger partial charge >= 0.3 is 0 Å². The molecule has 0 aliphatic heterocycles. The van der Waals surface area contributed by atoms with Gasteiger partial charge in [0.1, 0.15) is 11.4 Å². The zero-order chi connectivity index (χ0) is 12.6. The minimum Gasteiger partial charge on any atom is -0.488 e. The average Bonchev–Trinajstić information content (AvgIpc) is 2.98. The van der Waals surface area contributed by atoms with Gasteiger partial charge in [-0.25, -0.2) is 0 Å². The van der Waals surface area contributed by atoms with Crippen LogP contribution in [0, 0.1) is 0 Å². The van der Waals surface area contributed by atoms with Gasteiger partial charge in [0.15, 0.2) is 0 Å². The lowest BCUT2D eigenvalue weighted by atomic mass is 9.93. The molecule has 0 amide bonds. The molecule has 2 rings (SSSR count). The molecule has 1 nitrogen and oxygen atoms in total. The van der Waals surface area contributed by atoms with Gasteiger partial charge in [0.05, 0.1) is 0 Å². The number of hydrogen-bond acceptors (Lipinski definition) is 1. The largest absolute Gasteiger partial charge is 0.488 e. The van der Waals surface area contributed by atoms with E-state index in [1.165, 1.54) is 24.0 Å². The quantitative estimate of drug-likeness (QED) is 0.722. The summed E-state index contributed by atoms with van der Waals surface area (Å²) in [7, 11) is 0. The van der Waals surface area contributed by atoms with Gasteiger partial charge in [-0.2, -0.15) is 0 Å². The van der Waals surface area contributed by atoms with Crippen molar-refractivity contribution in [3.63, 3.8) is 0 Å². The molecule has 1 aromatic rings. The lowest BCUT2D eigenvalue weighted by Gasteiger charge is -2.25. The second-order valence-corrected chi connectivity index (χ2v) is 6.40. The van der Waals surface area contributed by atoms with Crippen LogP contribution in [0.15, 0.2) is 18.2 Å². The van der Waals surface area contributed by atoms with Crippen molar-refractivity contribution in [1.29, 1.82) is 0 Å². The molecule has 0 bridgehead atoms. The topological polar surface area (TPSA) is 9.23 Å². The molecule has 0 aromatic heterocycles. The first kappa shape index (κ1) is 12.5. The summed E-state index contributed by atoms with van der Waals surface area (Å²) in [5, 5.41) is 0. The van der Waals surface area contributed by atoms with E-state index in [2.05, 4.69) is 52.8 Å². The van der Waals surface area contributed by atoms with Crippen LogP contribution in [-0.4, -0.2) is 5.60 Å². The van der Waals surface area contributed by atoms with Crippen molar-refractivity contribution >= 4 is 0 Å². The monoisotopic (exact) mass is 232 g/mol. The molecule has 1 fully saturated rings. The lowest BCUT2D eigenvalue weighted by molar-refractivity contribution is 0.129. The Morgan fingerprint density at radius 3 is 2.29 bits per heavy atom. The zero-order valence-electron chi connectivity index (χ0n) is 11.7. The Morgan fingerprint density at radius 1 is 1.18 bits per heavy atom. The van der Waals surface area contributed by atoms with Gasteiger partial charge in [-0.3, -0.25) is 0 Å². The third-order valence-electron chi connectivity index (χ3n) is 3.12. The highest BCUT2D eigenvalue weighted by Gasteiger charge is 2.31. The fraction of sp³-hybridized carbons (Fsp3) is 0.625. The van der Waals surface area contributed by atoms with E-state index < -0.39 is 0 Å². The minimum atomic E-state index is -0.112. The van der Waals surface area contributed by atoms with E-state index in [-0.39, 0.29) is 5.60 Å². The van der Waals surface area contributed by atoms with Crippen molar-refractivity contribution in [1.82, 2.24) is 0 Å². The normalized spacial score (nSPS) is 16.4. The molecule has 0 saturated heterocycles. The van der Waals surface area contributed by atoms with Crippen LogP contribution < -0.4 is 4.74 Å². The third-order valence-corrected chi connectivity index (χ3v) is 3.12. The Labute approximate surface area is 105 Å². The zero-order valence-corrected chi connectivity index (χ0v) is 11.7. The first-order chi connectivity index (χ1) is 7.88. The Balaban J connectivity index is 2.40. The van der Waals surface area contributed by atoms with Crippen LogP contribution in [0.2, 0.25) is 0 Å². The fourth-order valence-electron chi connectivity index (χ4n) is 2.29. The first-order valence-corrected chi connectivity index (χ1v) is 6.70. The highest BCUT2D eigenvalue weighted by atomic mass is 16.5. The van der Waals surface area contributed by atoms with Crippen LogP contribution in [-0.2, 0) is 0 Å². The van der Waals surface area contributed by atoms with Gasteiger partial charge in [-0.05, 0) is 57.1 Å². The molecule has 1 aliphatic rings. The van der Waals surface area contributed by atoms with Crippen molar-refractivity contribution in [3.8, 4) is 5.75 Å². The maximum atomic E-state index is 6.12. The highest BCUT2D eigenvalue weighted by Crippen LogP contribution is 2.48. The van der Waals surface area contributed by atoms with E-state index in [9.17, 15) is 0 Å². The number of rotatable bonds is 3. The van der Waals surface area contributed by atoms with Crippen LogP contribution in [0.1, 0.15) is 70.4 Å². The standard InChI is InChI=1S/C16H24O/c1-11(2)13-7-6-8-14(17-16(3,4)5)15(13)12-9-10-12/h6-8,11-12H,9-10H2,1-5H3. The Morgan fingerprint density at radius 2 is 1.82 bits per heavy atom. The van der Waals surface area contributed by atoms with Crippen molar-refractivity contribution in [2.75, 3.05) is 0 Å². The number of hydrogen-bond donors (Lipinski definition) is 0. The van der Waals surface area contributed by atoms with Crippen LogP contribution in [0.25, 0.3) is 0 Å². The average molecular weight is 232 g/mol. The van der Waals surface area contributed by atoms with Crippen molar-refractivity contribution in [3.05, 3.63) is 29.3 Å². The van der Waals surface area contributed by atoms with E-state index >= 15 is 0 Å². The van der Waals surface area contributed by atoms with Gasteiger partial charge < -0.3 is 4.74 Å². The molecular weight excluding hydrogens is 208 g/mol. The maximum absolute atomic E-state index is 6.12. The van der Waals surface area contributed by atoms with Crippen LogP contribution in [0.3, 0.4) is 0 Å². The van der Waals surface area contributed by atoms with Gasteiger partial charge in [0.2, 0.25) is 0 Å². The molecule has 17 heavy (non-hydrogen) atoms. The molecule has 0 N–H and O–H groups in total. The van der Waals surface area contributed by atoms with E-state index in [0.29, 0.717) is 5.92 Å². The SMILES string of the molecule is CC(C)c1cccc(OC(C)(C)C)c1C1CC1. The predicted octanol–water partition coefficient (Wildman–Crippen LogP) is 4.86. The number of ether oxygens (including phenoxy) is 1. The molecule has 0 spiro atoms. The van der Waals surface area contributed by atoms with E-state index in [4.69, 9.17) is 4.74 Å². The molecule has 1 aliphatic carbocycles. The van der Waals surface area contributed by atoms with E-state index in [1.807, 2.05) is 0 Å². The molecule has 0 atom stereocenters. The summed E-state index contributed by atoms with van der Waals surface area (Å²) >= 11 is 0. The summed E-state index contributed by atoms with van der Waals surface area (Å²) in [6.07, 6.45) is 2.65. The highest BCUT2D eigenvalue weighted by molar-refractivity contribution is 5.46. The summed E-state index contributed by atoms with van der Waals surface area (Å²) in [6.45, 7) is 10.9. The summed E-state index contributed by atoms with van der Waals surface area (Å²) in [5.74, 6) is 2.42. The van der Waals surface area contributed by atoms with E-state index in [0.717, 1.165) is 11.7 Å². The van der Waals surface area contributed by atoms with Crippen LogP contribution >= 0.6 is 0 Å². The molecule has 1 heteroatoms. The molecule has 94 valence electrons. The fourth-order valence-corrected chi connectivity index (χ4v) is 2.29. The second kappa shape index (κ2) is 4.36. The first-order valence-electron chi connectivity index (χ1n) is 6.70. The summed E-state index contributed by atoms with van der Waals surface area (Å²) < 4.78 is 6.12. The molecular formula is C16H24O. The predicted molar refractivity (Wildman–Crippen MR) is 72.9 cm³/mol. The summed E-state index contributed by atoms with van der Waals surface area (Å²) in [6, 6.07) is 6.51.